The van der Waals surface area contributed by atoms with Crippen molar-refractivity contribution >= 4 is 73.4 Å². The van der Waals surface area contributed by atoms with Gasteiger partial charge in [-0.15, -0.1) is 0 Å². The summed E-state index contributed by atoms with van der Waals surface area (Å²) in [6.45, 7) is 4.82. The van der Waals surface area contributed by atoms with E-state index in [1.165, 1.54) is 212 Å². The molecule has 0 aromatic heterocycles. The fourth-order valence-electron chi connectivity index (χ4n) is 7.69. The number of carbonyl (C=O) groups is 2. The Bertz CT molecular complexity index is 945. The molecule has 0 spiro atoms. The van der Waals surface area contributed by atoms with Crippen molar-refractivity contribution in [3.8, 4) is 0 Å². The van der Waals surface area contributed by atoms with E-state index in [9.17, 15) is 22.6 Å². The topological polar surface area (TPSA) is 107 Å². The van der Waals surface area contributed by atoms with Gasteiger partial charge in [-0.2, -0.15) is 8.42 Å². The third-order valence-corrected chi connectivity index (χ3v) is 12.6. The van der Waals surface area contributed by atoms with Crippen LogP contribution in [-0.4, -0.2) is 94.8 Å². The van der Waals surface area contributed by atoms with Gasteiger partial charge in [0.05, 0.1) is 19.6 Å². The Hall–Kier alpha value is 0.486. The second kappa shape index (κ2) is 47.5. The summed E-state index contributed by atoms with van der Waals surface area (Å²) in [6, 6.07) is 0. The van der Waals surface area contributed by atoms with Gasteiger partial charge in [-0.25, -0.2) is 0 Å². The standard InChI is InChI=1S/C48H94O7S.K.H/c1-3-5-7-9-11-13-15-17-19-21-23-25-27-29-31-33-35-37-39-41-43-54-47(49)45-46(56(51,52)53)48(50)55-44-42-40-38-36-34-32-30-28-26-24-22-20-18-16-14-12-10-8-6-4-2;;/h46H,3-45H2,1-2H3,(H,51,52,53);;. The van der Waals surface area contributed by atoms with Crippen LogP contribution in [0.25, 0.3) is 0 Å². The molecule has 0 aliphatic heterocycles. The molecule has 336 valence electrons. The van der Waals surface area contributed by atoms with E-state index < -0.39 is 33.7 Å². The number of ether oxygens (including phenoxy) is 2. The minimum absolute atomic E-state index is 0. The van der Waals surface area contributed by atoms with Gasteiger partial charge in [-0.05, 0) is 12.8 Å². The number of hydrogen-bond donors (Lipinski definition) is 1. The molecule has 1 atom stereocenters. The van der Waals surface area contributed by atoms with Crippen molar-refractivity contribution in [2.45, 2.75) is 282 Å². The fraction of sp³-hybridized carbons (Fsp3) is 0.958. The van der Waals surface area contributed by atoms with Crippen molar-refractivity contribution in [2.75, 3.05) is 13.2 Å². The van der Waals surface area contributed by atoms with Crippen molar-refractivity contribution in [2.24, 2.45) is 0 Å². The van der Waals surface area contributed by atoms with Crippen molar-refractivity contribution in [1.29, 1.82) is 0 Å². The first-order chi connectivity index (χ1) is 27.3. The van der Waals surface area contributed by atoms with Crippen LogP contribution in [-0.2, 0) is 29.2 Å². The van der Waals surface area contributed by atoms with Gasteiger partial charge < -0.3 is 9.47 Å². The van der Waals surface area contributed by atoms with Crippen LogP contribution in [0.1, 0.15) is 277 Å². The zero-order valence-electron chi connectivity index (χ0n) is 37.3. The van der Waals surface area contributed by atoms with Crippen molar-refractivity contribution in [1.82, 2.24) is 0 Å². The summed E-state index contributed by atoms with van der Waals surface area (Å²) in [5, 5.41) is -1.94. The predicted molar refractivity (Wildman–Crippen MR) is 245 cm³/mol. The first-order valence-electron chi connectivity index (χ1n) is 24.6. The van der Waals surface area contributed by atoms with Crippen LogP contribution in [0, 0.1) is 0 Å². The Balaban J connectivity index is 0. The molecule has 0 bridgehead atoms. The number of unbranched alkanes of at least 4 members (excludes halogenated alkanes) is 38. The SMILES string of the molecule is CCCCCCCCCCCCCCCCCCCCCCOC(=O)CC(C(=O)OCCCCCCCCCCCCCCCCCCCCCC)S(=O)(=O)O.[KH]. The quantitative estimate of drug-likeness (QED) is 0.0281. The Labute approximate surface area is 397 Å². The molecule has 0 aliphatic rings. The normalized spacial score (nSPS) is 12.1. The zero-order chi connectivity index (χ0) is 41.1. The molecule has 0 heterocycles. The van der Waals surface area contributed by atoms with E-state index >= 15 is 0 Å². The van der Waals surface area contributed by atoms with Gasteiger partial charge in [-0.3, -0.25) is 14.1 Å². The number of carbonyl (C=O) groups excluding carboxylic acids is 2. The van der Waals surface area contributed by atoms with Crippen LogP contribution in [0.15, 0.2) is 0 Å². The zero-order valence-corrected chi connectivity index (χ0v) is 38.1. The molecule has 9 heteroatoms. The van der Waals surface area contributed by atoms with E-state index in [0.29, 0.717) is 12.8 Å². The molecular formula is C48H95KO7S. The van der Waals surface area contributed by atoms with Crippen molar-refractivity contribution < 1.29 is 32.0 Å². The van der Waals surface area contributed by atoms with Gasteiger partial charge in [0, 0.05) is 0 Å². The molecule has 0 aromatic rings. The fourth-order valence-corrected chi connectivity index (χ4v) is 8.34. The van der Waals surface area contributed by atoms with Gasteiger partial charge in [0.15, 0.2) is 5.25 Å². The molecule has 0 saturated heterocycles. The van der Waals surface area contributed by atoms with Gasteiger partial charge in [0.1, 0.15) is 0 Å². The van der Waals surface area contributed by atoms with Crippen LogP contribution in [0.5, 0.6) is 0 Å². The molecule has 57 heavy (non-hydrogen) atoms. The summed E-state index contributed by atoms with van der Waals surface area (Å²) >= 11 is 0. The van der Waals surface area contributed by atoms with Crippen LogP contribution in [0.2, 0.25) is 0 Å². The van der Waals surface area contributed by atoms with E-state index in [2.05, 4.69) is 13.8 Å². The average Bonchev–Trinajstić information content (AvgIpc) is 3.17. The van der Waals surface area contributed by atoms with E-state index in [1.807, 2.05) is 0 Å². The Morgan fingerprint density at radius 2 is 0.596 bits per heavy atom. The maximum absolute atomic E-state index is 12.4. The van der Waals surface area contributed by atoms with E-state index in [1.54, 1.807) is 0 Å². The summed E-state index contributed by atoms with van der Waals surface area (Å²) in [7, 11) is -4.78. The Kier molecular flexibility index (Phi) is 49.7. The summed E-state index contributed by atoms with van der Waals surface area (Å²) in [5.41, 5.74) is 0. The Morgan fingerprint density at radius 3 is 0.825 bits per heavy atom. The molecule has 0 fully saturated rings. The first-order valence-corrected chi connectivity index (χ1v) is 26.1. The number of hydrogen-bond acceptors (Lipinski definition) is 6. The van der Waals surface area contributed by atoms with Gasteiger partial charge in [0.25, 0.3) is 10.1 Å². The average molecular weight is 855 g/mol. The molecule has 0 aromatic carbocycles. The number of esters is 2. The first kappa shape index (κ1) is 59.6. The van der Waals surface area contributed by atoms with Crippen LogP contribution in [0.3, 0.4) is 0 Å². The molecular weight excluding hydrogens is 760 g/mol. The molecule has 1 unspecified atom stereocenters. The van der Waals surface area contributed by atoms with E-state index in [-0.39, 0.29) is 64.6 Å². The van der Waals surface area contributed by atoms with Gasteiger partial charge >= 0.3 is 63.3 Å². The third kappa shape index (κ3) is 45.8. The third-order valence-electron chi connectivity index (χ3n) is 11.5. The summed E-state index contributed by atoms with van der Waals surface area (Å²) in [6.07, 6.45) is 50.6. The Morgan fingerprint density at radius 1 is 0.386 bits per heavy atom. The number of rotatable bonds is 46. The second-order valence-corrected chi connectivity index (χ2v) is 18.6. The minimum atomic E-state index is -4.78. The van der Waals surface area contributed by atoms with Gasteiger partial charge in [-0.1, -0.05) is 258 Å². The second-order valence-electron chi connectivity index (χ2n) is 17.0. The maximum atomic E-state index is 12.4. The monoisotopic (exact) mass is 855 g/mol. The van der Waals surface area contributed by atoms with Crippen molar-refractivity contribution in [3.63, 3.8) is 0 Å². The summed E-state index contributed by atoms with van der Waals surface area (Å²) in [5.74, 6) is -1.89. The van der Waals surface area contributed by atoms with E-state index in [0.717, 1.165) is 32.1 Å². The molecule has 0 amide bonds. The summed E-state index contributed by atoms with van der Waals surface area (Å²) < 4.78 is 43.6. The molecule has 7 nitrogen and oxygen atoms in total. The van der Waals surface area contributed by atoms with Crippen LogP contribution >= 0.6 is 0 Å². The van der Waals surface area contributed by atoms with Crippen molar-refractivity contribution in [3.05, 3.63) is 0 Å². The molecule has 1 N–H and O–H groups in total. The summed E-state index contributed by atoms with van der Waals surface area (Å²) in [4.78, 5) is 24.7. The molecule has 0 aliphatic carbocycles. The molecule has 0 radical (unpaired) electrons. The van der Waals surface area contributed by atoms with E-state index in [4.69, 9.17) is 9.47 Å². The van der Waals surface area contributed by atoms with Gasteiger partial charge in [0.2, 0.25) is 0 Å². The molecule has 0 rings (SSSR count). The van der Waals surface area contributed by atoms with Crippen LogP contribution in [0.4, 0.5) is 0 Å². The predicted octanol–water partition coefficient (Wildman–Crippen LogP) is 14.7. The molecule has 0 saturated carbocycles. The van der Waals surface area contributed by atoms with Crippen LogP contribution < -0.4 is 0 Å².